The molecule has 1 heterocycles. The molecule has 0 radical (unpaired) electrons. The molecule has 0 spiro atoms. The molecule has 0 aromatic heterocycles. The summed E-state index contributed by atoms with van der Waals surface area (Å²) in [4.78, 5) is 4.76. The van der Waals surface area contributed by atoms with Crippen molar-refractivity contribution in [3.8, 4) is 0 Å². The fourth-order valence-corrected chi connectivity index (χ4v) is 3.19. The number of thioether (sulfide) groups is 1. The average molecular weight is 295 g/mol. The first-order valence-corrected chi connectivity index (χ1v) is 8.43. The van der Waals surface area contributed by atoms with Crippen molar-refractivity contribution in [2.75, 3.05) is 55.7 Å². The highest BCUT2D eigenvalue weighted by Gasteiger charge is 2.19. The third-order valence-electron chi connectivity index (χ3n) is 3.54. The van der Waals surface area contributed by atoms with Crippen molar-refractivity contribution < 1.29 is 5.11 Å². The van der Waals surface area contributed by atoms with Gasteiger partial charge < -0.3 is 15.7 Å². The summed E-state index contributed by atoms with van der Waals surface area (Å²) >= 11 is 1.74. The van der Waals surface area contributed by atoms with E-state index in [0.29, 0.717) is 6.54 Å². The summed E-state index contributed by atoms with van der Waals surface area (Å²) in [6.45, 7) is 5.58. The zero-order valence-corrected chi connectivity index (χ0v) is 12.8. The SMILES string of the molecule is NCCSCC(O)CN1CCN(c2ccccc2)CC1. The average Bonchev–Trinajstić information content (AvgIpc) is 2.49. The molecule has 0 aliphatic carbocycles. The Morgan fingerprint density at radius 2 is 1.85 bits per heavy atom. The molecule has 0 amide bonds. The number of aliphatic hydroxyl groups is 1. The number of benzene rings is 1. The fourth-order valence-electron chi connectivity index (χ4n) is 2.48. The summed E-state index contributed by atoms with van der Waals surface area (Å²) in [6, 6.07) is 10.5. The van der Waals surface area contributed by atoms with Crippen molar-refractivity contribution in [3.05, 3.63) is 30.3 Å². The van der Waals surface area contributed by atoms with E-state index < -0.39 is 0 Å². The van der Waals surface area contributed by atoms with Crippen LogP contribution in [0.5, 0.6) is 0 Å². The summed E-state index contributed by atoms with van der Waals surface area (Å²) in [5, 5.41) is 9.99. The van der Waals surface area contributed by atoms with Crippen LogP contribution in [0.4, 0.5) is 5.69 Å². The quantitative estimate of drug-likeness (QED) is 0.731. The lowest BCUT2D eigenvalue weighted by Crippen LogP contribution is -2.48. The van der Waals surface area contributed by atoms with Gasteiger partial charge >= 0.3 is 0 Å². The predicted molar refractivity (Wildman–Crippen MR) is 87.5 cm³/mol. The number of nitrogens with zero attached hydrogens (tertiary/aromatic N) is 2. The van der Waals surface area contributed by atoms with Crippen LogP contribution in [-0.4, -0.2) is 66.9 Å². The van der Waals surface area contributed by atoms with Gasteiger partial charge in [0.15, 0.2) is 0 Å². The zero-order valence-electron chi connectivity index (χ0n) is 11.9. The normalized spacial score (nSPS) is 18.2. The molecule has 1 aromatic carbocycles. The van der Waals surface area contributed by atoms with E-state index >= 15 is 0 Å². The molecule has 1 atom stereocenters. The molecule has 20 heavy (non-hydrogen) atoms. The molecule has 0 bridgehead atoms. The number of hydrogen-bond donors (Lipinski definition) is 2. The van der Waals surface area contributed by atoms with Crippen LogP contribution < -0.4 is 10.6 Å². The molecule has 1 unspecified atom stereocenters. The Morgan fingerprint density at radius 3 is 2.50 bits per heavy atom. The van der Waals surface area contributed by atoms with Gasteiger partial charge in [-0.05, 0) is 12.1 Å². The van der Waals surface area contributed by atoms with Gasteiger partial charge in [-0.2, -0.15) is 11.8 Å². The summed E-state index contributed by atoms with van der Waals surface area (Å²) < 4.78 is 0. The Hall–Kier alpha value is -0.750. The molecule has 3 N–H and O–H groups in total. The first-order chi connectivity index (χ1) is 9.79. The van der Waals surface area contributed by atoms with E-state index in [2.05, 4.69) is 40.1 Å². The number of aliphatic hydroxyl groups excluding tert-OH is 1. The van der Waals surface area contributed by atoms with Crippen LogP contribution in [0.1, 0.15) is 0 Å². The molecule has 4 nitrogen and oxygen atoms in total. The zero-order chi connectivity index (χ0) is 14.2. The van der Waals surface area contributed by atoms with Crippen LogP contribution in [0.25, 0.3) is 0 Å². The standard InChI is InChI=1S/C15H25N3OS/c16-6-11-20-13-15(19)12-17-7-9-18(10-8-17)14-4-2-1-3-5-14/h1-5,15,19H,6-13,16H2. The monoisotopic (exact) mass is 295 g/mol. The van der Waals surface area contributed by atoms with E-state index in [0.717, 1.165) is 44.2 Å². The van der Waals surface area contributed by atoms with Crippen LogP contribution in [0.2, 0.25) is 0 Å². The molecule has 112 valence electrons. The van der Waals surface area contributed by atoms with Gasteiger partial charge in [-0.15, -0.1) is 0 Å². The van der Waals surface area contributed by atoms with Crippen molar-refractivity contribution >= 4 is 17.4 Å². The molecular formula is C15H25N3OS. The van der Waals surface area contributed by atoms with Gasteiger partial charge in [-0.25, -0.2) is 0 Å². The largest absolute Gasteiger partial charge is 0.391 e. The van der Waals surface area contributed by atoms with Gasteiger partial charge in [-0.3, -0.25) is 4.90 Å². The maximum Gasteiger partial charge on any atom is 0.0757 e. The lowest BCUT2D eigenvalue weighted by Gasteiger charge is -2.36. The maximum atomic E-state index is 9.99. The van der Waals surface area contributed by atoms with Crippen molar-refractivity contribution in [2.24, 2.45) is 5.73 Å². The number of nitrogens with two attached hydrogens (primary N) is 1. The van der Waals surface area contributed by atoms with Crippen molar-refractivity contribution in [3.63, 3.8) is 0 Å². The smallest absolute Gasteiger partial charge is 0.0757 e. The van der Waals surface area contributed by atoms with Gasteiger partial charge in [0.1, 0.15) is 0 Å². The van der Waals surface area contributed by atoms with E-state index in [1.165, 1.54) is 5.69 Å². The molecule has 2 rings (SSSR count). The molecular weight excluding hydrogens is 270 g/mol. The highest BCUT2D eigenvalue weighted by atomic mass is 32.2. The first-order valence-electron chi connectivity index (χ1n) is 7.28. The number of hydrogen-bond acceptors (Lipinski definition) is 5. The minimum absolute atomic E-state index is 0.241. The van der Waals surface area contributed by atoms with Crippen molar-refractivity contribution in [2.45, 2.75) is 6.10 Å². The second kappa shape index (κ2) is 8.52. The van der Waals surface area contributed by atoms with E-state index in [1.807, 2.05) is 0 Å². The molecule has 0 saturated carbocycles. The Morgan fingerprint density at radius 1 is 1.15 bits per heavy atom. The minimum atomic E-state index is -0.241. The second-order valence-electron chi connectivity index (χ2n) is 5.14. The summed E-state index contributed by atoms with van der Waals surface area (Å²) in [5.74, 6) is 1.72. The molecule has 1 aliphatic rings. The molecule has 1 aromatic rings. The number of rotatable bonds is 7. The fraction of sp³-hybridized carbons (Fsp3) is 0.600. The molecule has 1 aliphatic heterocycles. The minimum Gasteiger partial charge on any atom is -0.391 e. The highest BCUT2D eigenvalue weighted by Crippen LogP contribution is 2.15. The number of piperazine rings is 1. The Kier molecular flexibility index (Phi) is 6.66. The van der Waals surface area contributed by atoms with Gasteiger partial charge in [0.25, 0.3) is 0 Å². The Bertz CT molecular complexity index is 369. The van der Waals surface area contributed by atoms with Crippen LogP contribution in [0, 0.1) is 0 Å². The summed E-state index contributed by atoms with van der Waals surface area (Å²) in [6.07, 6.45) is -0.241. The predicted octanol–water partition coefficient (Wildman–Crippen LogP) is 0.861. The van der Waals surface area contributed by atoms with E-state index in [-0.39, 0.29) is 6.10 Å². The van der Waals surface area contributed by atoms with Crippen LogP contribution in [0.15, 0.2) is 30.3 Å². The maximum absolute atomic E-state index is 9.99. The van der Waals surface area contributed by atoms with E-state index in [9.17, 15) is 5.11 Å². The van der Waals surface area contributed by atoms with Gasteiger partial charge in [0, 0.05) is 56.5 Å². The molecule has 1 saturated heterocycles. The number of β-amino-alcohol motifs (C(OH)–C–C–N with tert-alkyl or cyclic N) is 1. The van der Waals surface area contributed by atoms with Gasteiger partial charge in [0.2, 0.25) is 0 Å². The van der Waals surface area contributed by atoms with Crippen LogP contribution in [0.3, 0.4) is 0 Å². The van der Waals surface area contributed by atoms with Crippen LogP contribution >= 0.6 is 11.8 Å². The van der Waals surface area contributed by atoms with Crippen molar-refractivity contribution in [1.82, 2.24) is 4.90 Å². The van der Waals surface area contributed by atoms with Gasteiger partial charge in [-0.1, -0.05) is 18.2 Å². The second-order valence-corrected chi connectivity index (χ2v) is 6.29. The highest BCUT2D eigenvalue weighted by molar-refractivity contribution is 7.99. The summed E-state index contributed by atoms with van der Waals surface area (Å²) in [7, 11) is 0. The molecule has 5 heteroatoms. The Labute approximate surface area is 125 Å². The van der Waals surface area contributed by atoms with Crippen molar-refractivity contribution in [1.29, 1.82) is 0 Å². The lowest BCUT2D eigenvalue weighted by atomic mass is 10.2. The lowest BCUT2D eigenvalue weighted by molar-refractivity contribution is 0.126. The van der Waals surface area contributed by atoms with Crippen LogP contribution in [-0.2, 0) is 0 Å². The van der Waals surface area contributed by atoms with E-state index in [1.54, 1.807) is 11.8 Å². The Balaban J connectivity index is 1.69. The summed E-state index contributed by atoms with van der Waals surface area (Å²) in [5.41, 5.74) is 6.75. The number of anilines is 1. The third-order valence-corrected chi connectivity index (χ3v) is 4.68. The first kappa shape index (κ1) is 15.6. The molecule has 1 fully saturated rings. The van der Waals surface area contributed by atoms with E-state index in [4.69, 9.17) is 5.73 Å². The third kappa shape index (κ3) is 4.98. The number of para-hydroxylation sites is 1. The topological polar surface area (TPSA) is 52.7 Å². The van der Waals surface area contributed by atoms with Gasteiger partial charge in [0.05, 0.1) is 6.10 Å².